The van der Waals surface area contributed by atoms with Crippen LogP contribution in [0.2, 0.25) is 0 Å². The van der Waals surface area contributed by atoms with Gasteiger partial charge in [-0.15, -0.1) is 11.3 Å². The quantitative estimate of drug-likeness (QED) is 0.396. The molecule has 0 atom stereocenters. The Morgan fingerprint density at radius 2 is 1.80 bits per heavy atom. The molecule has 0 aliphatic rings. The monoisotopic (exact) mass is 418 g/mol. The highest BCUT2D eigenvalue weighted by molar-refractivity contribution is 9.11. The van der Waals surface area contributed by atoms with E-state index in [1.165, 1.54) is 13.2 Å². The summed E-state index contributed by atoms with van der Waals surface area (Å²) >= 11 is 5.16. The molecule has 0 aliphatic heterocycles. The van der Waals surface area contributed by atoms with E-state index in [4.69, 9.17) is 9.47 Å². The minimum Gasteiger partial charge on any atom is -0.497 e. The summed E-state index contributed by atoms with van der Waals surface area (Å²) in [5.74, 6) is 1.92. The molecule has 3 aromatic rings. The lowest BCUT2D eigenvalue weighted by molar-refractivity contribution is -0.134. The van der Waals surface area contributed by atoms with Crippen molar-refractivity contribution in [3.8, 4) is 17.2 Å². The van der Waals surface area contributed by atoms with Gasteiger partial charge < -0.3 is 14.2 Å². The van der Waals surface area contributed by atoms with Crippen LogP contribution in [0.15, 0.2) is 52.3 Å². The van der Waals surface area contributed by atoms with Gasteiger partial charge in [-0.05, 0) is 57.9 Å². The highest BCUT2D eigenvalue weighted by Crippen LogP contribution is 2.44. The number of halogens is 1. The number of carbonyl (C=O) groups is 1. The zero-order chi connectivity index (χ0) is 17.8. The van der Waals surface area contributed by atoms with E-state index in [2.05, 4.69) is 20.7 Å². The normalized spacial score (nSPS) is 11.0. The molecule has 0 unspecified atom stereocenters. The van der Waals surface area contributed by atoms with Crippen molar-refractivity contribution in [1.29, 1.82) is 0 Å². The van der Waals surface area contributed by atoms with E-state index in [0.717, 1.165) is 30.9 Å². The number of rotatable bonds is 5. The zero-order valence-electron chi connectivity index (χ0n) is 13.6. The standard InChI is InChI=1S/C19H15BrO4S/c1-22-14-8-9-15-16(11-14)25-19(20)18(15)24-13-6-3-12(4-7-13)5-10-17(21)23-2/h3-11H,1-2H3. The molecule has 0 fully saturated rings. The van der Waals surface area contributed by atoms with Gasteiger partial charge in [-0.25, -0.2) is 4.79 Å². The van der Waals surface area contributed by atoms with Crippen LogP contribution >= 0.6 is 27.3 Å². The molecule has 0 saturated heterocycles. The molecule has 0 saturated carbocycles. The van der Waals surface area contributed by atoms with Crippen molar-refractivity contribution in [2.75, 3.05) is 14.2 Å². The average Bonchev–Trinajstić information content (AvgIpc) is 2.95. The van der Waals surface area contributed by atoms with Crippen molar-refractivity contribution >= 4 is 49.4 Å². The Kier molecular flexibility index (Phi) is 5.40. The summed E-state index contributed by atoms with van der Waals surface area (Å²) in [6.07, 6.45) is 3.07. The van der Waals surface area contributed by atoms with E-state index >= 15 is 0 Å². The molecule has 6 heteroatoms. The van der Waals surface area contributed by atoms with Gasteiger partial charge in [-0.3, -0.25) is 0 Å². The Labute approximate surface area is 157 Å². The third kappa shape index (κ3) is 4.03. The number of hydrogen-bond acceptors (Lipinski definition) is 5. The number of thiophene rings is 1. The molecular formula is C19H15BrO4S. The van der Waals surface area contributed by atoms with Crippen molar-refractivity contribution < 1.29 is 19.0 Å². The largest absolute Gasteiger partial charge is 0.497 e. The molecule has 0 radical (unpaired) electrons. The van der Waals surface area contributed by atoms with E-state index in [1.54, 1.807) is 24.5 Å². The second-order valence-electron chi connectivity index (χ2n) is 5.09. The number of fused-ring (bicyclic) bond motifs is 1. The van der Waals surface area contributed by atoms with Crippen molar-refractivity contribution in [2.45, 2.75) is 0 Å². The molecule has 0 bridgehead atoms. The number of hydrogen-bond donors (Lipinski definition) is 0. The fourth-order valence-corrected chi connectivity index (χ4v) is 3.94. The van der Waals surface area contributed by atoms with E-state index in [-0.39, 0.29) is 5.97 Å². The smallest absolute Gasteiger partial charge is 0.330 e. The second-order valence-corrected chi connectivity index (χ2v) is 7.46. The lowest BCUT2D eigenvalue weighted by Gasteiger charge is -2.06. The summed E-state index contributed by atoms with van der Waals surface area (Å²) in [6, 6.07) is 13.3. The van der Waals surface area contributed by atoms with Gasteiger partial charge in [0.25, 0.3) is 0 Å². The maximum absolute atomic E-state index is 11.1. The summed E-state index contributed by atoms with van der Waals surface area (Å²) in [4.78, 5) is 11.1. The van der Waals surface area contributed by atoms with Gasteiger partial charge in [0.1, 0.15) is 15.3 Å². The minimum atomic E-state index is -0.385. The first-order valence-corrected chi connectivity index (χ1v) is 9.01. The van der Waals surface area contributed by atoms with E-state index in [0.29, 0.717) is 5.75 Å². The molecule has 128 valence electrons. The molecule has 4 nitrogen and oxygen atoms in total. The van der Waals surface area contributed by atoms with Crippen LogP contribution in [0.3, 0.4) is 0 Å². The molecule has 1 heterocycles. The van der Waals surface area contributed by atoms with Crippen LogP contribution in [0.4, 0.5) is 0 Å². The number of methoxy groups -OCH3 is 2. The van der Waals surface area contributed by atoms with Crippen molar-refractivity contribution in [3.05, 3.63) is 57.9 Å². The predicted molar refractivity (Wildman–Crippen MR) is 104 cm³/mol. The van der Waals surface area contributed by atoms with Crippen molar-refractivity contribution in [2.24, 2.45) is 0 Å². The first-order chi connectivity index (χ1) is 12.1. The molecule has 0 N–H and O–H groups in total. The lowest BCUT2D eigenvalue weighted by atomic mass is 10.2. The van der Waals surface area contributed by atoms with E-state index in [1.807, 2.05) is 42.5 Å². The molecule has 0 spiro atoms. The lowest BCUT2D eigenvalue weighted by Crippen LogP contribution is -1.93. The Morgan fingerprint density at radius 1 is 1.08 bits per heavy atom. The topological polar surface area (TPSA) is 44.8 Å². The summed E-state index contributed by atoms with van der Waals surface area (Å²) in [7, 11) is 3.00. The van der Waals surface area contributed by atoms with Crippen molar-refractivity contribution in [1.82, 2.24) is 0 Å². The Balaban J connectivity index is 1.83. The third-order valence-corrected chi connectivity index (χ3v) is 5.29. The Hall–Kier alpha value is -2.31. The third-order valence-electron chi connectivity index (χ3n) is 3.52. The van der Waals surface area contributed by atoms with Crippen LogP contribution in [0.25, 0.3) is 16.2 Å². The molecule has 0 aliphatic carbocycles. The van der Waals surface area contributed by atoms with Gasteiger partial charge in [0, 0.05) is 16.2 Å². The van der Waals surface area contributed by atoms with Gasteiger partial charge in [-0.1, -0.05) is 12.1 Å². The van der Waals surface area contributed by atoms with E-state index < -0.39 is 0 Å². The van der Waals surface area contributed by atoms with Crippen LogP contribution in [0.5, 0.6) is 17.2 Å². The molecule has 1 aromatic heterocycles. The average molecular weight is 419 g/mol. The minimum absolute atomic E-state index is 0.385. The maximum atomic E-state index is 11.1. The van der Waals surface area contributed by atoms with Gasteiger partial charge >= 0.3 is 5.97 Å². The summed E-state index contributed by atoms with van der Waals surface area (Å²) in [6.45, 7) is 0. The van der Waals surface area contributed by atoms with Crippen molar-refractivity contribution in [3.63, 3.8) is 0 Å². The molecule has 3 rings (SSSR count). The summed E-state index contributed by atoms with van der Waals surface area (Å²) in [5.41, 5.74) is 0.886. The number of benzene rings is 2. The first-order valence-electron chi connectivity index (χ1n) is 7.40. The predicted octanol–water partition coefficient (Wildman–Crippen LogP) is 5.65. The SMILES string of the molecule is COC(=O)C=Cc1ccc(Oc2c(Br)sc3cc(OC)ccc23)cc1. The highest BCUT2D eigenvalue weighted by atomic mass is 79.9. The highest BCUT2D eigenvalue weighted by Gasteiger charge is 2.13. The molecule has 2 aromatic carbocycles. The fourth-order valence-electron chi connectivity index (χ4n) is 2.24. The van der Waals surface area contributed by atoms with Crippen LogP contribution in [0.1, 0.15) is 5.56 Å². The molecule has 0 amide bonds. The summed E-state index contributed by atoms with van der Waals surface area (Å²) in [5, 5.41) is 1.02. The molecular weight excluding hydrogens is 404 g/mol. The second kappa shape index (κ2) is 7.72. The van der Waals surface area contributed by atoms with Gasteiger partial charge in [0.05, 0.1) is 14.2 Å². The number of carbonyl (C=O) groups excluding carboxylic acids is 1. The van der Waals surface area contributed by atoms with Crippen LogP contribution in [-0.4, -0.2) is 20.2 Å². The van der Waals surface area contributed by atoms with E-state index in [9.17, 15) is 4.79 Å². The molecule has 25 heavy (non-hydrogen) atoms. The zero-order valence-corrected chi connectivity index (χ0v) is 16.0. The fraction of sp³-hybridized carbons (Fsp3) is 0.105. The van der Waals surface area contributed by atoms with Crippen LogP contribution in [-0.2, 0) is 9.53 Å². The van der Waals surface area contributed by atoms with Gasteiger partial charge in [0.15, 0.2) is 5.75 Å². The Morgan fingerprint density at radius 3 is 2.48 bits per heavy atom. The summed E-state index contributed by atoms with van der Waals surface area (Å²) < 4.78 is 17.9. The van der Waals surface area contributed by atoms with Crippen LogP contribution in [0, 0.1) is 0 Å². The van der Waals surface area contributed by atoms with Gasteiger partial charge in [0.2, 0.25) is 0 Å². The maximum Gasteiger partial charge on any atom is 0.330 e. The first kappa shape index (κ1) is 17.5. The van der Waals surface area contributed by atoms with Gasteiger partial charge in [-0.2, -0.15) is 0 Å². The number of esters is 1. The van der Waals surface area contributed by atoms with Crippen LogP contribution < -0.4 is 9.47 Å². The Bertz CT molecular complexity index is 928. The number of ether oxygens (including phenoxy) is 3.